The van der Waals surface area contributed by atoms with Crippen LogP contribution >= 0.6 is 7.14 Å². The Bertz CT molecular complexity index is 600. The Morgan fingerprint density at radius 2 is 1.63 bits per heavy atom. The molecule has 8 heteroatoms. The molecule has 0 amide bonds. The van der Waals surface area contributed by atoms with Crippen molar-refractivity contribution in [3.63, 3.8) is 0 Å². The maximum absolute atomic E-state index is 12.2. The van der Waals surface area contributed by atoms with Gasteiger partial charge >= 0.3 is 0 Å². The van der Waals surface area contributed by atoms with Crippen molar-refractivity contribution in [1.29, 1.82) is 0 Å². The van der Waals surface area contributed by atoms with E-state index in [0.717, 1.165) is 12.1 Å². The average molecular weight is 305 g/mol. The van der Waals surface area contributed by atoms with Gasteiger partial charge in [0.2, 0.25) is 0 Å². The Hall–Kier alpha value is -1.20. The summed E-state index contributed by atoms with van der Waals surface area (Å²) in [6.07, 6.45) is 0.658. The molecule has 0 bridgehead atoms. The molecule has 106 valence electrons. The van der Waals surface area contributed by atoms with E-state index in [9.17, 15) is 23.1 Å². The Morgan fingerprint density at radius 1 is 1.16 bits per heavy atom. The highest BCUT2D eigenvalue weighted by atomic mass is 32.2. The van der Waals surface area contributed by atoms with Gasteiger partial charge in [0.25, 0.3) is 5.69 Å². The molecule has 19 heavy (non-hydrogen) atoms. The van der Waals surface area contributed by atoms with Crippen molar-refractivity contribution in [1.82, 2.24) is 0 Å². The summed E-state index contributed by atoms with van der Waals surface area (Å²) in [6, 6.07) is 4.64. The Kier molecular flexibility index (Phi) is 4.87. The first kappa shape index (κ1) is 15.9. The molecule has 0 aliphatic rings. The Balaban J connectivity index is 3.07. The van der Waals surface area contributed by atoms with Crippen LogP contribution in [0.4, 0.5) is 5.69 Å². The molecule has 0 aromatic heterocycles. The molecule has 1 aromatic carbocycles. The summed E-state index contributed by atoms with van der Waals surface area (Å²) in [5.41, 5.74) is -0.557. The zero-order chi connectivity index (χ0) is 14.7. The second kappa shape index (κ2) is 5.84. The SMILES string of the molecule is CCP(=O)(CC)CS(=O)(=O)c1ccc([N+](=O)[O-])cc1. The Labute approximate surface area is 112 Å². The largest absolute Gasteiger partial charge is 0.323 e. The molecule has 6 nitrogen and oxygen atoms in total. The minimum atomic E-state index is -3.67. The van der Waals surface area contributed by atoms with Gasteiger partial charge in [0.05, 0.1) is 9.82 Å². The van der Waals surface area contributed by atoms with E-state index in [-0.39, 0.29) is 16.1 Å². The predicted molar refractivity (Wildman–Crippen MR) is 73.8 cm³/mol. The molecule has 0 atom stereocenters. The second-order valence-electron chi connectivity index (χ2n) is 4.19. The maximum atomic E-state index is 12.2. The lowest BCUT2D eigenvalue weighted by atomic mass is 10.3. The van der Waals surface area contributed by atoms with Crippen LogP contribution in [0.2, 0.25) is 0 Å². The third kappa shape index (κ3) is 3.88. The standard InChI is InChI=1S/C11H16NO5PS/c1-3-18(15,4-2)9-19(16,17)11-7-5-10(6-8-11)12(13)14/h5-8H,3-4,9H2,1-2H3. The fourth-order valence-corrected chi connectivity index (χ4v) is 7.10. The van der Waals surface area contributed by atoms with E-state index in [0.29, 0.717) is 12.3 Å². The highest BCUT2D eigenvalue weighted by Gasteiger charge is 2.27. The zero-order valence-corrected chi connectivity index (χ0v) is 12.5. The van der Waals surface area contributed by atoms with Crippen molar-refractivity contribution in [2.45, 2.75) is 18.7 Å². The van der Waals surface area contributed by atoms with Gasteiger partial charge in [0.1, 0.15) is 12.6 Å². The number of nitrogens with zero attached hydrogens (tertiary/aromatic N) is 1. The molecule has 0 saturated carbocycles. The first-order chi connectivity index (χ1) is 8.74. The Morgan fingerprint density at radius 3 is 2.00 bits per heavy atom. The quantitative estimate of drug-likeness (QED) is 0.457. The molecule has 0 unspecified atom stereocenters. The van der Waals surface area contributed by atoms with Crippen LogP contribution in [0.15, 0.2) is 29.2 Å². The number of non-ortho nitro benzene ring substituents is 1. The van der Waals surface area contributed by atoms with E-state index < -0.39 is 21.9 Å². The topological polar surface area (TPSA) is 94.3 Å². The molecule has 0 aliphatic heterocycles. The molecule has 1 aromatic rings. The number of nitro benzene ring substituents is 1. The van der Waals surface area contributed by atoms with E-state index >= 15 is 0 Å². The van der Waals surface area contributed by atoms with Gasteiger partial charge in [-0.15, -0.1) is 0 Å². The van der Waals surface area contributed by atoms with Gasteiger partial charge in [-0.2, -0.15) is 0 Å². The lowest BCUT2D eigenvalue weighted by Gasteiger charge is -2.14. The second-order valence-corrected chi connectivity index (χ2v) is 10.3. The lowest BCUT2D eigenvalue weighted by Crippen LogP contribution is -2.10. The third-order valence-corrected chi connectivity index (χ3v) is 9.50. The van der Waals surface area contributed by atoms with Crippen molar-refractivity contribution in [2.75, 3.05) is 17.8 Å². The number of rotatable bonds is 6. The van der Waals surface area contributed by atoms with Gasteiger partial charge in [-0.25, -0.2) is 8.42 Å². The van der Waals surface area contributed by atoms with Gasteiger partial charge in [0.15, 0.2) is 9.84 Å². The van der Waals surface area contributed by atoms with Gasteiger partial charge in [-0.3, -0.25) is 10.1 Å². The van der Waals surface area contributed by atoms with Crippen LogP contribution in [0.5, 0.6) is 0 Å². The number of hydrogen-bond acceptors (Lipinski definition) is 5. The monoisotopic (exact) mass is 305 g/mol. The van der Waals surface area contributed by atoms with Crippen molar-refractivity contribution >= 4 is 22.7 Å². The van der Waals surface area contributed by atoms with Crippen molar-refractivity contribution in [3.8, 4) is 0 Å². The molecule has 0 fully saturated rings. The molecule has 0 N–H and O–H groups in total. The van der Waals surface area contributed by atoms with Crippen LogP contribution in [-0.2, 0) is 14.4 Å². The van der Waals surface area contributed by atoms with E-state index in [4.69, 9.17) is 0 Å². The smallest absolute Gasteiger partial charge is 0.269 e. The minimum Gasteiger partial charge on any atom is -0.323 e. The summed E-state index contributed by atoms with van der Waals surface area (Å²) in [6.45, 7) is 3.41. The van der Waals surface area contributed by atoms with E-state index in [2.05, 4.69) is 0 Å². The maximum Gasteiger partial charge on any atom is 0.269 e. The molecule has 0 spiro atoms. The lowest BCUT2D eigenvalue weighted by molar-refractivity contribution is -0.384. The van der Waals surface area contributed by atoms with E-state index in [1.54, 1.807) is 13.8 Å². The van der Waals surface area contributed by atoms with Gasteiger partial charge < -0.3 is 4.57 Å². The average Bonchev–Trinajstić information content (AvgIpc) is 2.38. The fraction of sp³-hybridized carbons (Fsp3) is 0.455. The van der Waals surface area contributed by atoms with Crippen LogP contribution in [0.1, 0.15) is 13.8 Å². The van der Waals surface area contributed by atoms with Gasteiger partial charge in [-0.1, -0.05) is 13.8 Å². The van der Waals surface area contributed by atoms with Crippen LogP contribution in [0.3, 0.4) is 0 Å². The molecule has 1 rings (SSSR count). The summed E-state index contributed by atoms with van der Waals surface area (Å²) < 4.78 is 36.4. The molecular formula is C11H16NO5PS. The molecule has 0 saturated heterocycles. The fourth-order valence-electron chi connectivity index (χ4n) is 1.57. The summed E-state index contributed by atoms with van der Waals surface area (Å²) in [7, 11) is -6.39. The van der Waals surface area contributed by atoms with Gasteiger partial charge in [0, 0.05) is 12.1 Å². The van der Waals surface area contributed by atoms with Crippen molar-refractivity contribution < 1.29 is 17.9 Å². The molecular weight excluding hydrogens is 289 g/mol. The number of benzene rings is 1. The van der Waals surface area contributed by atoms with Crippen molar-refractivity contribution in [3.05, 3.63) is 34.4 Å². The normalized spacial score (nSPS) is 12.3. The number of hydrogen-bond donors (Lipinski definition) is 0. The predicted octanol–water partition coefficient (Wildman–Crippen LogP) is 2.73. The highest BCUT2D eigenvalue weighted by molar-refractivity contribution is 7.99. The summed E-state index contributed by atoms with van der Waals surface area (Å²) in [5.74, 6) is 0. The first-order valence-corrected chi connectivity index (χ1v) is 9.70. The molecule has 0 radical (unpaired) electrons. The van der Waals surface area contributed by atoms with Crippen molar-refractivity contribution in [2.24, 2.45) is 0 Å². The summed E-state index contributed by atoms with van der Waals surface area (Å²) >= 11 is 0. The number of sulfone groups is 1. The van der Waals surface area contributed by atoms with Crippen LogP contribution in [-0.4, -0.2) is 31.2 Å². The van der Waals surface area contributed by atoms with Gasteiger partial charge in [-0.05, 0) is 24.5 Å². The van der Waals surface area contributed by atoms with E-state index in [1.807, 2.05) is 0 Å². The van der Waals surface area contributed by atoms with E-state index in [1.165, 1.54) is 12.1 Å². The third-order valence-electron chi connectivity index (χ3n) is 2.96. The van der Waals surface area contributed by atoms with Crippen LogP contribution in [0, 0.1) is 10.1 Å². The van der Waals surface area contributed by atoms with Crippen LogP contribution < -0.4 is 0 Å². The minimum absolute atomic E-state index is 0.0276. The molecule has 0 heterocycles. The molecule has 0 aliphatic carbocycles. The summed E-state index contributed by atoms with van der Waals surface area (Å²) in [5, 5.41) is 10.5. The zero-order valence-electron chi connectivity index (χ0n) is 10.8. The summed E-state index contributed by atoms with van der Waals surface area (Å²) in [4.78, 5) is 9.87. The number of nitro groups is 1. The van der Waals surface area contributed by atoms with Crippen LogP contribution in [0.25, 0.3) is 0 Å². The highest BCUT2D eigenvalue weighted by Crippen LogP contribution is 2.46. The first-order valence-electron chi connectivity index (χ1n) is 5.78.